The van der Waals surface area contributed by atoms with Gasteiger partial charge in [-0.05, 0) is 43.3 Å². The molecule has 0 aliphatic carbocycles. The van der Waals surface area contributed by atoms with Crippen LogP contribution in [0, 0.1) is 0 Å². The molecular formula is C21H24N2O7. The summed E-state index contributed by atoms with van der Waals surface area (Å²) in [4.78, 5) is 28.1. The largest absolute Gasteiger partial charge is 0.504 e. The number of piperazine rings is 1. The molecule has 2 aromatic carbocycles. The lowest BCUT2D eigenvalue weighted by atomic mass is 10.1. The lowest BCUT2D eigenvalue weighted by Gasteiger charge is -2.34. The minimum absolute atomic E-state index is 0.0569. The second-order valence-corrected chi connectivity index (χ2v) is 6.73. The van der Waals surface area contributed by atoms with E-state index in [1.54, 1.807) is 29.2 Å². The minimum atomic E-state index is -0.672. The van der Waals surface area contributed by atoms with Gasteiger partial charge in [0.15, 0.2) is 23.9 Å². The average molecular weight is 416 g/mol. The van der Waals surface area contributed by atoms with Gasteiger partial charge in [0.05, 0.1) is 6.61 Å². The lowest BCUT2D eigenvalue weighted by molar-refractivity contribution is -0.134. The minimum Gasteiger partial charge on any atom is -0.504 e. The van der Waals surface area contributed by atoms with Crippen molar-refractivity contribution >= 4 is 11.8 Å². The first-order valence-corrected chi connectivity index (χ1v) is 9.56. The summed E-state index contributed by atoms with van der Waals surface area (Å²) >= 11 is 0. The average Bonchev–Trinajstić information content (AvgIpc) is 2.76. The molecule has 2 amide bonds. The summed E-state index contributed by atoms with van der Waals surface area (Å²) < 4.78 is 10.9. The third kappa shape index (κ3) is 4.86. The molecule has 30 heavy (non-hydrogen) atoms. The number of carbonyl (C=O) groups is 2. The van der Waals surface area contributed by atoms with Crippen molar-refractivity contribution in [3.63, 3.8) is 0 Å². The predicted octanol–water partition coefficient (Wildman–Crippen LogP) is 1.57. The zero-order valence-corrected chi connectivity index (χ0v) is 16.6. The van der Waals surface area contributed by atoms with Crippen LogP contribution in [0.1, 0.15) is 17.3 Å². The highest BCUT2D eigenvalue weighted by Crippen LogP contribution is 2.35. The van der Waals surface area contributed by atoms with Crippen LogP contribution < -0.4 is 9.47 Å². The van der Waals surface area contributed by atoms with Gasteiger partial charge in [-0.2, -0.15) is 0 Å². The van der Waals surface area contributed by atoms with Crippen molar-refractivity contribution < 1.29 is 34.4 Å². The summed E-state index contributed by atoms with van der Waals surface area (Å²) in [6.45, 7) is 3.64. The van der Waals surface area contributed by atoms with Gasteiger partial charge >= 0.3 is 0 Å². The van der Waals surface area contributed by atoms with E-state index in [2.05, 4.69) is 0 Å². The second kappa shape index (κ2) is 9.25. The van der Waals surface area contributed by atoms with Crippen LogP contribution in [0.15, 0.2) is 36.4 Å². The number of phenolic OH excluding ortho intramolecular Hbond substituents is 3. The molecule has 1 heterocycles. The van der Waals surface area contributed by atoms with Crippen molar-refractivity contribution in [2.24, 2.45) is 0 Å². The zero-order valence-electron chi connectivity index (χ0n) is 16.6. The Hall–Kier alpha value is -3.62. The molecular weight excluding hydrogens is 392 g/mol. The lowest BCUT2D eigenvalue weighted by Crippen LogP contribution is -2.51. The Balaban J connectivity index is 1.49. The molecule has 2 aromatic rings. The van der Waals surface area contributed by atoms with Crippen LogP contribution in [-0.2, 0) is 4.79 Å². The first-order valence-electron chi connectivity index (χ1n) is 9.56. The number of phenols is 3. The highest BCUT2D eigenvalue weighted by Gasteiger charge is 2.26. The maximum absolute atomic E-state index is 12.6. The van der Waals surface area contributed by atoms with Crippen molar-refractivity contribution in [1.82, 2.24) is 9.80 Å². The number of hydrogen-bond acceptors (Lipinski definition) is 7. The van der Waals surface area contributed by atoms with Crippen LogP contribution in [0.25, 0.3) is 0 Å². The quantitative estimate of drug-likeness (QED) is 0.612. The van der Waals surface area contributed by atoms with E-state index in [0.29, 0.717) is 38.5 Å². The van der Waals surface area contributed by atoms with E-state index >= 15 is 0 Å². The smallest absolute Gasteiger partial charge is 0.260 e. The fourth-order valence-corrected chi connectivity index (χ4v) is 3.10. The van der Waals surface area contributed by atoms with Gasteiger partial charge in [-0.1, -0.05) is 0 Å². The molecule has 0 radical (unpaired) electrons. The number of rotatable bonds is 6. The molecule has 0 spiro atoms. The highest BCUT2D eigenvalue weighted by atomic mass is 16.5. The summed E-state index contributed by atoms with van der Waals surface area (Å²) in [6, 6.07) is 9.20. The van der Waals surface area contributed by atoms with Crippen LogP contribution in [0.5, 0.6) is 28.7 Å². The van der Waals surface area contributed by atoms with Gasteiger partial charge < -0.3 is 34.6 Å². The van der Waals surface area contributed by atoms with Crippen LogP contribution >= 0.6 is 0 Å². The number of aromatic hydroxyl groups is 3. The molecule has 0 aromatic heterocycles. The van der Waals surface area contributed by atoms with Gasteiger partial charge in [-0.15, -0.1) is 0 Å². The molecule has 0 saturated carbocycles. The van der Waals surface area contributed by atoms with Crippen LogP contribution in [-0.4, -0.2) is 76.3 Å². The standard InChI is InChI=1S/C21H24N2O7/c1-2-29-15-3-5-16(6-4-15)30-13-19(26)22-7-9-23(10-8-22)21(28)14-11-17(24)20(27)18(25)12-14/h3-6,11-12,24-25,27H,2,7-10,13H2,1H3. The Kier molecular flexibility index (Phi) is 6.51. The predicted molar refractivity (Wildman–Crippen MR) is 107 cm³/mol. The van der Waals surface area contributed by atoms with E-state index in [9.17, 15) is 24.9 Å². The van der Waals surface area contributed by atoms with E-state index < -0.39 is 23.2 Å². The molecule has 9 nitrogen and oxygen atoms in total. The summed E-state index contributed by atoms with van der Waals surface area (Å²) in [5, 5.41) is 28.6. The van der Waals surface area contributed by atoms with Gasteiger partial charge in [0.2, 0.25) is 0 Å². The number of ether oxygens (including phenoxy) is 2. The molecule has 160 valence electrons. The summed E-state index contributed by atoms with van der Waals surface area (Å²) in [7, 11) is 0. The third-order valence-corrected chi connectivity index (χ3v) is 4.73. The summed E-state index contributed by atoms with van der Waals surface area (Å²) in [5.74, 6) is -1.11. The van der Waals surface area contributed by atoms with Crippen molar-refractivity contribution in [2.75, 3.05) is 39.4 Å². The van der Waals surface area contributed by atoms with Crippen molar-refractivity contribution in [2.45, 2.75) is 6.92 Å². The van der Waals surface area contributed by atoms with Gasteiger partial charge in [0.1, 0.15) is 11.5 Å². The van der Waals surface area contributed by atoms with Crippen LogP contribution in [0.2, 0.25) is 0 Å². The number of nitrogens with zero attached hydrogens (tertiary/aromatic N) is 2. The van der Waals surface area contributed by atoms with Crippen molar-refractivity contribution in [3.8, 4) is 28.7 Å². The number of carbonyl (C=O) groups excluding carboxylic acids is 2. The summed E-state index contributed by atoms with van der Waals surface area (Å²) in [5.41, 5.74) is 0.0569. The molecule has 1 aliphatic rings. The van der Waals surface area contributed by atoms with E-state index in [0.717, 1.165) is 17.9 Å². The van der Waals surface area contributed by atoms with Gasteiger partial charge in [0, 0.05) is 31.7 Å². The Morgan fingerprint density at radius 3 is 1.90 bits per heavy atom. The van der Waals surface area contributed by atoms with Gasteiger partial charge in [-0.25, -0.2) is 0 Å². The molecule has 9 heteroatoms. The van der Waals surface area contributed by atoms with Crippen molar-refractivity contribution in [1.29, 1.82) is 0 Å². The maximum Gasteiger partial charge on any atom is 0.260 e. The Morgan fingerprint density at radius 2 is 1.37 bits per heavy atom. The maximum atomic E-state index is 12.6. The monoisotopic (exact) mass is 416 g/mol. The third-order valence-electron chi connectivity index (χ3n) is 4.73. The Bertz CT molecular complexity index is 883. The molecule has 0 atom stereocenters. The molecule has 1 fully saturated rings. The number of benzene rings is 2. The zero-order chi connectivity index (χ0) is 21.7. The van der Waals surface area contributed by atoms with Crippen LogP contribution in [0.4, 0.5) is 0 Å². The molecule has 0 unspecified atom stereocenters. The fraction of sp³-hybridized carbons (Fsp3) is 0.333. The van der Waals surface area contributed by atoms with Crippen molar-refractivity contribution in [3.05, 3.63) is 42.0 Å². The van der Waals surface area contributed by atoms with Gasteiger partial charge in [-0.3, -0.25) is 9.59 Å². The molecule has 0 bridgehead atoms. The normalized spacial score (nSPS) is 13.8. The molecule has 1 aliphatic heterocycles. The Labute approximate surface area is 173 Å². The van der Waals surface area contributed by atoms with E-state index in [1.807, 2.05) is 6.92 Å². The first kappa shape index (κ1) is 21.1. The van der Waals surface area contributed by atoms with E-state index in [1.165, 1.54) is 4.90 Å². The SMILES string of the molecule is CCOc1ccc(OCC(=O)N2CCN(C(=O)c3cc(O)c(O)c(O)c3)CC2)cc1. The highest BCUT2D eigenvalue weighted by molar-refractivity contribution is 5.95. The molecule has 3 N–H and O–H groups in total. The Morgan fingerprint density at radius 1 is 0.867 bits per heavy atom. The van der Waals surface area contributed by atoms with Gasteiger partial charge in [0.25, 0.3) is 11.8 Å². The first-order chi connectivity index (χ1) is 14.4. The molecule has 1 saturated heterocycles. The van der Waals surface area contributed by atoms with E-state index in [-0.39, 0.29) is 18.1 Å². The number of hydrogen-bond donors (Lipinski definition) is 3. The summed E-state index contributed by atoms with van der Waals surface area (Å²) in [6.07, 6.45) is 0. The van der Waals surface area contributed by atoms with Crippen LogP contribution in [0.3, 0.4) is 0 Å². The number of amides is 2. The second-order valence-electron chi connectivity index (χ2n) is 6.73. The fourth-order valence-electron chi connectivity index (χ4n) is 3.10. The molecule has 3 rings (SSSR count). The topological polar surface area (TPSA) is 120 Å². The van der Waals surface area contributed by atoms with E-state index in [4.69, 9.17) is 9.47 Å².